The van der Waals surface area contributed by atoms with Crippen molar-refractivity contribution in [2.24, 2.45) is 0 Å². The summed E-state index contributed by atoms with van der Waals surface area (Å²) in [5.41, 5.74) is -1.52. The van der Waals surface area contributed by atoms with Crippen molar-refractivity contribution in [1.82, 2.24) is 39.4 Å². The second-order valence-corrected chi connectivity index (χ2v) is 10.2. The molecule has 14 nitrogen and oxygen atoms in total. The third-order valence-corrected chi connectivity index (χ3v) is 7.11. The summed E-state index contributed by atoms with van der Waals surface area (Å²) in [4.78, 5) is 61.8. The molecule has 15 heteroatoms. The largest absolute Gasteiger partial charge is 0.501 e. The van der Waals surface area contributed by atoms with E-state index in [0.717, 1.165) is 0 Å². The lowest BCUT2D eigenvalue weighted by Gasteiger charge is -2.33. The van der Waals surface area contributed by atoms with Crippen molar-refractivity contribution in [3.05, 3.63) is 63.6 Å². The van der Waals surface area contributed by atoms with Gasteiger partial charge in [-0.2, -0.15) is 0 Å². The van der Waals surface area contributed by atoms with Gasteiger partial charge in [0, 0.05) is 39.6 Å². The molecule has 2 aliphatic heterocycles. The number of carbonyl (C=O) groups is 3. The van der Waals surface area contributed by atoms with Crippen molar-refractivity contribution in [3.8, 4) is 11.4 Å². The zero-order chi connectivity index (χ0) is 29.5. The molecule has 216 valence electrons. The molecule has 2 aliphatic rings. The van der Waals surface area contributed by atoms with Gasteiger partial charge in [-0.25, -0.2) is 19.0 Å². The Kier molecular flexibility index (Phi) is 7.29. The minimum absolute atomic E-state index is 0.0620. The van der Waals surface area contributed by atoms with E-state index in [9.17, 15) is 28.7 Å². The summed E-state index contributed by atoms with van der Waals surface area (Å²) in [5, 5.41) is 17.3. The number of piperazine rings is 1. The standard InChI is InChI=1S/C26H29FN8O6/c1-15(36)32-6-8-33(9-7-32)24(40)21-29-14-35(31-21)18-12-17(27)5-4-16(18)13-28-22(38)19-20(37)23(39)34-10-11-41-26(2,3)25(34)30-19/h4-5,12,14,37H,6-11,13H2,1-3H3,(H,28,38). The quantitative estimate of drug-likeness (QED) is 0.436. The number of carbonyl (C=O) groups excluding carboxylic acids is 3. The minimum atomic E-state index is -0.951. The molecule has 2 N–H and O–H groups in total. The number of fused-ring (bicyclic) bond motifs is 1. The minimum Gasteiger partial charge on any atom is -0.501 e. The normalized spacial score (nSPS) is 16.3. The lowest BCUT2D eigenvalue weighted by atomic mass is 10.1. The SMILES string of the molecule is CC(=O)N1CCN(C(=O)c2ncn(-c3cc(F)ccc3CNC(=O)c3nc4n(c(=O)c3O)CCOC4(C)C)n2)CC1. The maximum absolute atomic E-state index is 14.2. The average Bonchev–Trinajstić information content (AvgIpc) is 3.44. The number of hydrogen-bond acceptors (Lipinski definition) is 9. The molecule has 0 saturated carbocycles. The number of aromatic hydroxyl groups is 1. The van der Waals surface area contributed by atoms with E-state index in [4.69, 9.17) is 4.74 Å². The Morgan fingerprint density at radius 2 is 1.83 bits per heavy atom. The first-order valence-corrected chi connectivity index (χ1v) is 13.0. The summed E-state index contributed by atoms with van der Waals surface area (Å²) in [6, 6.07) is 3.81. The molecule has 1 aromatic carbocycles. The maximum atomic E-state index is 14.2. The molecule has 0 aliphatic carbocycles. The third kappa shape index (κ3) is 5.39. The van der Waals surface area contributed by atoms with Crippen LogP contribution >= 0.6 is 0 Å². The molecule has 5 rings (SSSR count). The Morgan fingerprint density at radius 1 is 1.12 bits per heavy atom. The highest BCUT2D eigenvalue weighted by molar-refractivity contribution is 5.94. The Bertz CT molecular complexity index is 1590. The smallest absolute Gasteiger partial charge is 0.296 e. The first-order valence-electron chi connectivity index (χ1n) is 13.0. The van der Waals surface area contributed by atoms with E-state index in [1.165, 1.54) is 40.7 Å². The number of hydrogen-bond donors (Lipinski definition) is 2. The van der Waals surface area contributed by atoms with Gasteiger partial charge in [-0.1, -0.05) is 6.07 Å². The molecular weight excluding hydrogens is 539 g/mol. The van der Waals surface area contributed by atoms with Crippen LogP contribution < -0.4 is 10.9 Å². The van der Waals surface area contributed by atoms with Gasteiger partial charge >= 0.3 is 0 Å². The number of rotatable bonds is 5. The second-order valence-electron chi connectivity index (χ2n) is 10.2. The first kappa shape index (κ1) is 27.9. The Morgan fingerprint density at radius 3 is 2.54 bits per heavy atom. The molecule has 0 unspecified atom stereocenters. The Labute approximate surface area is 233 Å². The average molecular weight is 569 g/mol. The van der Waals surface area contributed by atoms with Crippen LogP contribution in [0.5, 0.6) is 5.75 Å². The molecular formula is C26H29FN8O6. The fraction of sp³-hybridized carbons (Fsp3) is 0.423. The second kappa shape index (κ2) is 10.7. The van der Waals surface area contributed by atoms with Gasteiger partial charge in [-0.15, -0.1) is 5.10 Å². The molecule has 1 saturated heterocycles. The number of benzene rings is 1. The molecule has 3 amide bonds. The molecule has 2 aromatic heterocycles. The molecule has 0 atom stereocenters. The Hall–Kier alpha value is -4.66. The fourth-order valence-corrected chi connectivity index (χ4v) is 4.83. The molecule has 0 radical (unpaired) electrons. The van der Waals surface area contributed by atoms with E-state index < -0.39 is 40.2 Å². The van der Waals surface area contributed by atoms with E-state index in [1.54, 1.807) is 23.6 Å². The number of ether oxygens (including phenoxy) is 1. The first-order chi connectivity index (χ1) is 19.5. The monoisotopic (exact) mass is 568 g/mol. The summed E-state index contributed by atoms with van der Waals surface area (Å²) in [7, 11) is 0. The number of nitrogens with one attached hydrogen (secondary N) is 1. The highest BCUT2D eigenvalue weighted by Gasteiger charge is 2.34. The predicted octanol–water partition coefficient (Wildman–Crippen LogP) is 0.168. The van der Waals surface area contributed by atoms with Gasteiger partial charge in [-0.3, -0.25) is 23.7 Å². The van der Waals surface area contributed by atoms with E-state index in [0.29, 0.717) is 31.7 Å². The molecule has 1 fully saturated rings. The van der Waals surface area contributed by atoms with Gasteiger partial charge in [0.05, 0.1) is 18.8 Å². The van der Waals surface area contributed by atoms with Gasteiger partial charge in [0.15, 0.2) is 5.69 Å². The van der Waals surface area contributed by atoms with Crippen molar-refractivity contribution in [2.45, 2.75) is 39.5 Å². The number of nitrogens with zero attached hydrogens (tertiary/aromatic N) is 7. The van der Waals surface area contributed by atoms with E-state index >= 15 is 0 Å². The van der Waals surface area contributed by atoms with Gasteiger partial charge in [0.2, 0.25) is 17.5 Å². The summed E-state index contributed by atoms with van der Waals surface area (Å²) < 4.78 is 22.4. The third-order valence-electron chi connectivity index (χ3n) is 7.11. The van der Waals surface area contributed by atoms with Crippen molar-refractivity contribution in [1.29, 1.82) is 0 Å². The summed E-state index contributed by atoms with van der Waals surface area (Å²) in [5.74, 6) is -2.57. The van der Waals surface area contributed by atoms with Crippen LogP contribution in [-0.4, -0.2) is 89.7 Å². The number of halogens is 1. The lowest BCUT2D eigenvalue weighted by Crippen LogP contribution is -2.50. The van der Waals surface area contributed by atoms with Gasteiger partial charge in [-0.05, 0) is 31.5 Å². The molecule has 3 aromatic rings. The molecule has 4 heterocycles. The van der Waals surface area contributed by atoms with Crippen LogP contribution in [0.15, 0.2) is 29.3 Å². The topological polar surface area (TPSA) is 165 Å². The lowest BCUT2D eigenvalue weighted by molar-refractivity contribution is -0.130. The fourth-order valence-electron chi connectivity index (χ4n) is 4.83. The van der Waals surface area contributed by atoms with Crippen LogP contribution in [0.1, 0.15) is 53.3 Å². The van der Waals surface area contributed by atoms with Crippen LogP contribution in [0.3, 0.4) is 0 Å². The zero-order valence-electron chi connectivity index (χ0n) is 22.8. The van der Waals surface area contributed by atoms with Crippen LogP contribution in [-0.2, 0) is 28.2 Å². The van der Waals surface area contributed by atoms with Gasteiger partial charge in [0.25, 0.3) is 17.4 Å². The zero-order valence-corrected chi connectivity index (χ0v) is 22.8. The maximum Gasteiger partial charge on any atom is 0.296 e. The van der Waals surface area contributed by atoms with Crippen molar-refractivity contribution >= 4 is 17.7 Å². The summed E-state index contributed by atoms with van der Waals surface area (Å²) >= 11 is 0. The summed E-state index contributed by atoms with van der Waals surface area (Å²) in [6.07, 6.45) is 1.26. The van der Waals surface area contributed by atoms with Crippen LogP contribution in [0, 0.1) is 5.82 Å². The van der Waals surface area contributed by atoms with Crippen molar-refractivity contribution in [3.63, 3.8) is 0 Å². The predicted molar refractivity (Wildman–Crippen MR) is 140 cm³/mol. The van der Waals surface area contributed by atoms with Gasteiger partial charge in [0.1, 0.15) is 23.6 Å². The summed E-state index contributed by atoms with van der Waals surface area (Å²) in [6.45, 7) is 6.66. The Balaban J connectivity index is 1.34. The van der Waals surface area contributed by atoms with Crippen molar-refractivity contribution in [2.75, 3.05) is 32.8 Å². The molecule has 0 bridgehead atoms. The number of amides is 3. The van der Waals surface area contributed by atoms with Gasteiger partial charge < -0.3 is 25.0 Å². The highest BCUT2D eigenvalue weighted by atomic mass is 19.1. The molecule has 0 spiro atoms. The van der Waals surface area contributed by atoms with Crippen LogP contribution in [0.25, 0.3) is 5.69 Å². The van der Waals surface area contributed by atoms with Crippen molar-refractivity contribution < 1.29 is 28.6 Å². The molecule has 41 heavy (non-hydrogen) atoms. The van der Waals surface area contributed by atoms with E-state index in [-0.39, 0.29) is 42.9 Å². The van der Waals surface area contributed by atoms with E-state index in [1.807, 2.05) is 0 Å². The highest BCUT2D eigenvalue weighted by Crippen LogP contribution is 2.27. The van der Waals surface area contributed by atoms with Crippen LogP contribution in [0.4, 0.5) is 4.39 Å². The van der Waals surface area contributed by atoms with Crippen LogP contribution in [0.2, 0.25) is 0 Å². The van der Waals surface area contributed by atoms with E-state index in [2.05, 4.69) is 20.4 Å². The number of aromatic nitrogens is 5.